The van der Waals surface area contributed by atoms with Crippen molar-refractivity contribution in [1.82, 2.24) is 10.2 Å². The van der Waals surface area contributed by atoms with Gasteiger partial charge in [0.15, 0.2) is 5.84 Å². The van der Waals surface area contributed by atoms with Crippen molar-refractivity contribution >= 4 is 35.4 Å². The van der Waals surface area contributed by atoms with Gasteiger partial charge in [0.1, 0.15) is 11.9 Å². The fraction of sp³-hybridized carbons (Fsp3) is 0.423. The number of fused-ring (bicyclic) bond motifs is 3. The topological polar surface area (TPSA) is 87.6 Å². The van der Waals surface area contributed by atoms with E-state index in [2.05, 4.69) is 20.5 Å². The predicted molar refractivity (Wildman–Crippen MR) is 138 cm³/mol. The number of halogens is 1. The lowest BCUT2D eigenvalue weighted by Crippen LogP contribution is -2.43. The van der Waals surface area contributed by atoms with Crippen molar-refractivity contribution in [2.75, 3.05) is 45.2 Å². The van der Waals surface area contributed by atoms with E-state index >= 15 is 0 Å². The van der Waals surface area contributed by atoms with Crippen LogP contribution >= 0.6 is 11.6 Å². The number of rotatable bonds is 1. The zero-order valence-electron chi connectivity index (χ0n) is 19.8. The van der Waals surface area contributed by atoms with Crippen molar-refractivity contribution in [3.8, 4) is 5.75 Å². The fourth-order valence-electron chi connectivity index (χ4n) is 4.85. The highest BCUT2D eigenvalue weighted by Gasteiger charge is 2.26. The van der Waals surface area contributed by atoms with E-state index in [1.165, 1.54) is 0 Å². The number of carbonyl (C=O) groups excluding carboxylic acids is 1. The smallest absolute Gasteiger partial charge is 0.234 e. The molecule has 0 saturated carbocycles. The van der Waals surface area contributed by atoms with E-state index in [1.54, 1.807) is 13.4 Å². The maximum atomic E-state index is 12.5. The number of benzene rings is 1. The number of amidine groups is 1. The number of piperidine rings is 1. The number of hydrogen-bond acceptors (Lipinski definition) is 7. The molecular weight excluding hydrogens is 466 g/mol. The first kappa shape index (κ1) is 23.8. The highest BCUT2D eigenvalue weighted by atomic mass is 35.5. The summed E-state index contributed by atoms with van der Waals surface area (Å²) in [7, 11) is 1.66. The third-order valence-corrected chi connectivity index (χ3v) is 7.01. The number of nitrogens with one attached hydrogen (secondary N) is 2. The van der Waals surface area contributed by atoms with Crippen molar-refractivity contribution in [1.29, 1.82) is 0 Å². The van der Waals surface area contributed by atoms with Crippen LogP contribution in [0.2, 0.25) is 0 Å². The molecule has 0 aromatic heterocycles. The quantitative estimate of drug-likeness (QED) is 0.623. The second-order valence-corrected chi connectivity index (χ2v) is 9.52. The highest BCUT2D eigenvalue weighted by Crippen LogP contribution is 2.33. The molecule has 35 heavy (non-hydrogen) atoms. The van der Waals surface area contributed by atoms with Crippen LogP contribution in [0.5, 0.6) is 5.75 Å². The molecule has 4 aliphatic rings. The summed E-state index contributed by atoms with van der Waals surface area (Å²) in [5.41, 5.74) is 3.24. The molecule has 1 aromatic rings. The van der Waals surface area contributed by atoms with Gasteiger partial charge in [0.05, 0.1) is 30.9 Å². The summed E-state index contributed by atoms with van der Waals surface area (Å²) in [6, 6.07) is 5.92. The molecule has 3 heterocycles. The maximum Gasteiger partial charge on any atom is 0.234 e. The Morgan fingerprint density at radius 2 is 2.23 bits per heavy atom. The molecule has 1 fully saturated rings. The van der Waals surface area contributed by atoms with Crippen LogP contribution in [-0.2, 0) is 9.53 Å². The molecule has 1 amide bonds. The Balaban J connectivity index is 1.55. The standard InChI is InChI=1S/C26H30ClN5O3/c1-34-23-9-7-21(27)19-5-2-10-28-24(33)14-32-11-3-4-17(13-32)15-35-18-6-8-22-20(12-18)26(30-16-29-22)31-25(19)23/h2,5-8,12,16-17,23H,3-4,9-11,13-15H2,1H3,(H,28,33)(H,29,30,31)/b5-2+. The Labute approximate surface area is 210 Å². The number of aliphatic imine (C=N–C) groups is 2. The van der Waals surface area contributed by atoms with Crippen LogP contribution in [0.25, 0.3) is 0 Å². The van der Waals surface area contributed by atoms with E-state index in [9.17, 15) is 4.79 Å². The normalized spacial score (nSPS) is 29.2. The maximum absolute atomic E-state index is 12.5. The summed E-state index contributed by atoms with van der Waals surface area (Å²) in [5.74, 6) is 1.72. The molecule has 0 spiro atoms. The van der Waals surface area contributed by atoms with Crippen molar-refractivity contribution in [2.24, 2.45) is 15.9 Å². The number of allylic oxidation sites excluding steroid dienone is 3. The number of amides is 1. The van der Waals surface area contributed by atoms with Crippen molar-refractivity contribution in [3.63, 3.8) is 0 Å². The molecule has 0 radical (unpaired) electrons. The summed E-state index contributed by atoms with van der Waals surface area (Å²) in [6.07, 6.45) is 9.87. The first-order valence-electron chi connectivity index (χ1n) is 12.0. The molecule has 184 valence electrons. The Morgan fingerprint density at radius 1 is 1.31 bits per heavy atom. The largest absolute Gasteiger partial charge is 0.493 e. The summed E-state index contributed by atoms with van der Waals surface area (Å²) < 4.78 is 11.9. The number of anilines is 1. The Hall–Kier alpha value is -2.94. The van der Waals surface area contributed by atoms with E-state index in [0.29, 0.717) is 48.6 Å². The molecule has 3 unspecified atom stereocenters. The van der Waals surface area contributed by atoms with Gasteiger partial charge in [0.2, 0.25) is 5.91 Å². The number of ether oxygens (including phenoxy) is 2. The van der Waals surface area contributed by atoms with E-state index < -0.39 is 0 Å². The van der Waals surface area contributed by atoms with Gasteiger partial charge in [-0.2, -0.15) is 0 Å². The minimum atomic E-state index is -0.259. The lowest BCUT2D eigenvalue weighted by atomic mass is 9.99. The summed E-state index contributed by atoms with van der Waals surface area (Å²) in [6.45, 7) is 3.17. The van der Waals surface area contributed by atoms with Crippen LogP contribution in [-0.4, -0.2) is 69.0 Å². The molecule has 5 rings (SSSR count). The average Bonchev–Trinajstić information content (AvgIpc) is 2.87. The molecule has 8 nitrogen and oxygen atoms in total. The minimum Gasteiger partial charge on any atom is -0.493 e. The van der Waals surface area contributed by atoms with Crippen molar-refractivity contribution in [2.45, 2.75) is 25.4 Å². The Morgan fingerprint density at radius 3 is 3.11 bits per heavy atom. The molecule has 2 N–H and O–H groups in total. The van der Waals surface area contributed by atoms with E-state index in [4.69, 9.17) is 26.1 Å². The molecule has 1 aromatic carbocycles. The van der Waals surface area contributed by atoms with Gasteiger partial charge in [-0.05, 0) is 44.0 Å². The van der Waals surface area contributed by atoms with E-state index in [1.807, 2.05) is 36.4 Å². The van der Waals surface area contributed by atoms with Crippen molar-refractivity contribution < 1.29 is 14.3 Å². The lowest BCUT2D eigenvalue weighted by Gasteiger charge is -2.32. The summed E-state index contributed by atoms with van der Waals surface area (Å²) in [5, 5.41) is 6.78. The number of nitrogens with zero attached hydrogens (tertiary/aromatic N) is 3. The van der Waals surface area contributed by atoms with Crippen LogP contribution in [0.4, 0.5) is 5.69 Å². The van der Waals surface area contributed by atoms with Crippen molar-refractivity contribution in [3.05, 3.63) is 58.3 Å². The van der Waals surface area contributed by atoms with Gasteiger partial charge < -0.3 is 20.1 Å². The minimum absolute atomic E-state index is 0.0103. The van der Waals surface area contributed by atoms with E-state index in [0.717, 1.165) is 48.5 Å². The predicted octanol–water partition coefficient (Wildman–Crippen LogP) is 3.46. The van der Waals surface area contributed by atoms with Gasteiger partial charge in [-0.1, -0.05) is 29.8 Å². The fourth-order valence-corrected chi connectivity index (χ4v) is 5.10. The Bertz CT molecular complexity index is 1140. The SMILES string of the molecule is COC1CC=C(Cl)C2=C1/N=C1\N=CNc3ccc(cc31)OCC1CCCN(CC(=O)NC/C=C/2)C1. The van der Waals surface area contributed by atoms with Gasteiger partial charge in [0, 0.05) is 42.3 Å². The van der Waals surface area contributed by atoms with Gasteiger partial charge in [-0.25, -0.2) is 9.98 Å². The van der Waals surface area contributed by atoms with Gasteiger partial charge in [-0.3, -0.25) is 9.69 Å². The first-order valence-corrected chi connectivity index (χ1v) is 12.4. The summed E-state index contributed by atoms with van der Waals surface area (Å²) in [4.78, 5) is 24.2. The molecular formula is C26H30ClN5O3. The average molecular weight is 496 g/mol. The molecule has 9 heteroatoms. The monoisotopic (exact) mass is 495 g/mol. The lowest BCUT2D eigenvalue weighted by molar-refractivity contribution is -0.122. The number of carbonyl (C=O) groups is 1. The summed E-state index contributed by atoms with van der Waals surface area (Å²) >= 11 is 6.60. The van der Waals surface area contributed by atoms with Gasteiger partial charge in [0.25, 0.3) is 0 Å². The second-order valence-electron chi connectivity index (χ2n) is 9.12. The number of hydrogen-bond donors (Lipinski definition) is 2. The molecule has 3 aliphatic heterocycles. The first-order chi connectivity index (χ1) is 17.1. The highest BCUT2D eigenvalue weighted by molar-refractivity contribution is 6.32. The molecule has 4 bridgehead atoms. The Kier molecular flexibility index (Phi) is 7.32. The molecule has 1 aliphatic carbocycles. The van der Waals surface area contributed by atoms with Crippen LogP contribution in [0, 0.1) is 5.92 Å². The van der Waals surface area contributed by atoms with Crippen LogP contribution < -0.4 is 15.4 Å². The zero-order chi connectivity index (χ0) is 24.2. The van der Waals surface area contributed by atoms with Crippen LogP contribution in [0.3, 0.4) is 0 Å². The zero-order valence-corrected chi connectivity index (χ0v) is 20.6. The number of methoxy groups -OCH3 is 1. The molecule has 1 saturated heterocycles. The molecule has 3 atom stereocenters. The van der Waals surface area contributed by atoms with Gasteiger partial charge in [-0.15, -0.1) is 0 Å². The third-order valence-electron chi connectivity index (χ3n) is 6.66. The van der Waals surface area contributed by atoms with Crippen LogP contribution in [0.1, 0.15) is 24.8 Å². The van der Waals surface area contributed by atoms with E-state index in [-0.39, 0.29) is 12.0 Å². The van der Waals surface area contributed by atoms with Crippen LogP contribution in [0.15, 0.2) is 62.7 Å². The van der Waals surface area contributed by atoms with Gasteiger partial charge >= 0.3 is 0 Å². The third kappa shape index (κ3) is 5.50. The second kappa shape index (κ2) is 10.8.